The van der Waals surface area contributed by atoms with E-state index in [0.29, 0.717) is 115 Å². The van der Waals surface area contributed by atoms with Gasteiger partial charge in [-0.25, -0.2) is 43.8 Å². The Morgan fingerprint density at radius 1 is 0.430 bits per heavy atom. The maximum Gasteiger partial charge on any atom is 0.347 e. The standard InChI is InChI=1S/C17H19N5O3S.C17H18N4O3S.C16H17N5O3S.C15H15N5O3S/c1-10-14(16(23)24)26-15(19-10)11-5-6-13(25-8-17(2,3)4)12(7-11)22-9-18-20-21-22;1-10(2)9-24-14-5-4-12(8-13(14)21-7-6-18-20-21)16-19-11(3)15(25-16)17(22)23;1-9(2)7-24-13-5-4-11(6-12(13)21-8-17-19-20-21)15-18-10(3)14(25-15)16(22)23;1-8(2)23-12-5-4-10(6-11(12)20-7-16-18-19-20)14-17-9(3)13(24-14)15(21)22/h5-7,9H,8H2,1-4H3,(H,23,24);4-8,10H,9H2,1-3H3,(H,22,23);4-6,8-9H,7H2,1-3H3,(H,22,23);4-8H,1-3H3,(H,21,22). The number of hydrogen-bond donors (Lipinski definition) is 4. The largest absolute Gasteiger partial charge is 0.491 e. The Hall–Kier alpha value is -11.2. The van der Waals surface area contributed by atoms with Crippen molar-refractivity contribution in [3.8, 4) is 88.0 Å². The first-order valence-electron chi connectivity index (χ1n) is 30.6. The van der Waals surface area contributed by atoms with Gasteiger partial charge in [0.1, 0.15) is 104 Å². The fourth-order valence-corrected chi connectivity index (χ4v) is 12.5. The first-order valence-corrected chi connectivity index (χ1v) is 33.9. The average Bonchev–Trinajstić information content (AvgIpc) is 1.60. The number of carbonyl (C=O) groups is 4. The van der Waals surface area contributed by atoms with Gasteiger partial charge in [-0.3, -0.25) is 0 Å². The van der Waals surface area contributed by atoms with Crippen LogP contribution in [0.5, 0.6) is 23.0 Å². The van der Waals surface area contributed by atoms with Crippen LogP contribution < -0.4 is 18.9 Å². The minimum absolute atomic E-state index is 0.000629. The van der Waals surface area contributed by atoms with E-state index >= 15 is 0 Å². The van der Waals surface area contributed by atoms with E-state index in [-0.39, 0.29) is 31.0 Å². The summed E-state index contributed by atoms with van der Waals surface area (Å²) < 4.78 is 29.6. The predicted octanol–water partition coefficient (Wildman–Crippen LogP) is 12.1. The summed E-state index contributed by atoms with van der Waals surface area (Å²) in [5.41, 5.74) is 7.88. The van der Waals surface area contributed by atoms with Gasteiger partial charge in [-0.05, 0) is 163 Å². The van der Waals surface area contributed by atoms with Crippen molar-refractivity contribution in [1.82, 2.24) is 95.6 Å². The highest BCUT2D eigenvalue weighted by Gasteiger charge is 2.23. The first kappa shape index (κ1) is 73.1. The maximum atomic E-state index is 11.3. The molecule has 12 rings (SSSR count). The van der Waals surface area contributed by atoms with Gasteiger partial charge in [0.05, 0.1) is 61.1 Å². The molecule has 520 valence electrons. The third-order valence-corrected chi connectivity index (χ3v) is 18.2. The van der Waals surface area contributed by atoms with Crippen LogP contribution >= 0.6 is 45.3 Å². The number of hydrogen-bond acceptors (Lipinski definition) is 27. The second-order valence-corrected chi connectivity index (χ2v) is 28.2. The van der Waals surface area contributed by atoms with Crippen LogP contribution in [0.3, 0.4) is 0 Å². The Kier molecular flexibility index (Phi) is 23.7. The van der Waals surface area contributed by atoms with Crippen molar-refractivity contribution >= 4 is 69.2 Å². The Labute approximate surface area is 587 Å². The van der Waals surface area contributed by atoms with Crippen molar-refractivity contribution in [2.45, 2.75) is 96.1 Å². The molecule has 31 nitrogen and oxygen atoms in total. The summed E-state index contributed by atoms with van der Waals surface area (Å²) in [6.07, 6.45) is 7.76. The quantitative estimate of drug-likeness (QED) is 0.0489. The monoisotopic (exact) mass is 1440 g/mol. The van der Waals surface area contributed by atoms with Crippen LogP contribution in [0.15, 0.2) is 104 Å². The molecule has 4 aromatic carbocycles. The molecule has 4 N–H and O–H groups in total. The molecule has 100 heavy (non-hydrogen) atoms. The van der Waals surface area contributed by atoms with Crippen LogP contribution in [0.25, 0.3) is 65.0 Å². The van der Waals surface area contributed by atoms with E-state index < -0.39 is 23.9 Å². The number of tetrazole rings is 3. The minimum atomic E-state index is -0.975. The van der Waals surface area contributed by atoms with Crippen molar-refractivity contribution < 1.29 is 58.6 Å². The van der Waals surface area contributed by atoms with E-state index in [9.17, 15) is 39.6 Å². The molecule has 8 heterocycles. The van der Waals surface area contributed by atoms with E-state index in [0.717, 1.165) is 73.3 Å². The third-order valence-electron chi connectivity index (χ3n) is 13.4. The summed E-state index contributed by atoms with van der Waals surface area (Å²) in [6.45, 7) is 26.8. The second-order valence-electron chi connectivity index (χ2n) is 24.2. The summed E-state index contributed by atoms with van der Waals surface area (Å²) >= 11 is 4.56. The van der Waals surface area contributed by atoms with Crippen molar-refractivity contribution in [2.75, 3.05) is 19.8 Å². The van der Waals surface area contributed by atoms with Gasteiger partial charge in [-0.2, -0.15) is 14.0 Å². The Bertz CT molecular complexity index is 4620. The fourth-order valence-electron chi connectivity index (χ4n) is 8.87. The molecular formula is C65H69N19O12S4. The number of aromatic carboxylic acids is 4. The summed E-state index contributed by atoms with van der Waals surface area (Å²) in [4.78, 5) is 63.4. The fraction of sp³-hybridized carbons (Fsp3) is 0.308. The normalized spacial score (nSPS) is 11.2. The molecule has 8 aromatic heterocycles. The Morgan fingerprint density at radius 2 is 0.740 bits per heavy atom. The molecule has 0 atom stereocenters. The molecule has 0 saturated heterocycles. The maximum absolute atomic E-state index is 11.3. The lowest BCUT2D eigenvalue weighted by Crippen LogP contribution is -2.17. The summed E-state index contributed by atoms with van der Waals surface area (Å²) in [5, 5.41) is 81.0. The highest BCUT2D eigenvalue weighted by atomic mass is 32.1. The van der Waals surface area contributed by atoms with Crippen LogP contribution in [0.1, 0.15) is 124 Å². The molecule has 12 aromatic rings. The van der Waals surface area contributed by atoms with Crippen molar-refractivity contribution in [3.05, 3.63) is 146 Å². The van der Waals surface area contributed by atoms with Gasteiger partial charge < -0.3 is 39.4 Å². The molecule has 0 unspecified atom stereocenters. The van der Waals surface area contributed by atoms with Crippen LogP contribution in [0.2, 0.25) is 0 Å². The van der Waals surface area contributed by atoms with Gasteiger partial charge in [0.25, 0.3) is 0 Å². The number of ether oxygens (including phenoxy) is 4. The number of aryl methyl sites for hydroxylation is 4. The zero-order valence-electron chi connectivity index (χ0n) is 56.4. The van der Waals surface area contributed by atoms with E-state index in [1.807, 2.05) is 86.6 Å². The highest BCUT2D eigenvalue weighted by Crippen LogP contribution is 2.38. The number of carboxylic acid groups (broad SMARTS) is 4. The van der Waals surface area contributed by atoms with Crippen molar-refractivity contribution in [3.63, 3.8) is 0 Å². The molecule has 0 saturated carbocycles. The van der Waals surface area contributed by atoms with E-state index in [2.05, 4.69) is 125 Å². The third kappa shape index (κ3) is 18.7. The van der Waals surface area contributed by atoms with Crippen molar-refractivity contribution in [2.24, 2.45) is 17.3 Å². The topological polar surface area (TPSA) is 399 Å². The van der Waals surface area contributed by atoms with Gasteiger partial charge in [-0.15, -0.1) is 65.7 Å². The summed E-state index contributed by atoms with van der Waals surface area (Å²) in [6, 6.07) is 22.1. The predicted molar refractivity (Wildman–Crippen MR) is 371 cm³/mol. The van der Waals surface area contributed by atoms with Gasteiger partial charge in [0, 0.05) is 22.3 Å². The molecule has 35 heteroatoms. The highest BCUT2D eigenvalue weighted by molar-refractivity contribution is 7.18. The number of rotatable bonds is 22. The molecule has 0 amide bonds. The second kappa shape index (κ2) is 32.5. The van der Waals surface area contributed by atoms with Crippen LogP contribution in [0.4, 0.5) is 0 Å². The van der Waals surface area contributed by atoms with Gasteiger partial charge >= 0.3 is 23.9 Å². The Balaban J connectivity index is 0.000000156. The Morgan fingerprint density at radius 3 is 1.00 bits per heavy atom. The average molecular weight is 1440 g/mol. The van der Waals surface area contributed by atoms with Crippen LogP contribution in [-0.4, -0.2) is 166 Å². The number of nitrogens with zero attached hydrogens (tertiary/aromatic N) is 19. The van der Waals surface area contributed by atoms with E-state index in [1.54, 1.807) is 44.8 Å². The molecule has 0 aliphatic rings. The number of carboxylic acids is 4. The lowest BCUT2D eigenvalue weighted by atomic mass is 9.99. The number of thiazole rings is 4. The van der Waals surface area contributed by atoms with E-state index in [4.69, 9.17) is 18.9 Å². The molecular weight excluding hydrogens is 1370 g/mol. The number of benzene rings is 4. The zero-order valence-corrected chi connectivity index (χ0v) is 59.6. The molecule has 0 spiro atoms. The van der Waals surface area contributed by atoms with Gasteiger partial charge in [-0.1, -0.05) is 53.7 Å². The lowest BCUT2D eigenvalue weighted by Gasteiger charge is -2.20. The van der Waals surface area contributed by atoms with Crippen LogP contribution in [-0.2, 0) is 0 Å². The minimum Gasteiger partial charge on any atom is -0.491 e. The molecule has 0 aliphatic carbocycles. The van der Waals surface area contributed by atoms with Gasteiger partial charge in [0.15, 0.2) is 0 Å². The smallest absolute Gasteiger partial charge is 0.347 e. The summed E-state index contributed by atoms with van der Waals surface area (Å²) in [5.74, 6) is -0.506. The van der Waals surface area contributed by atoms with Gasteiger partial charge in [0.2, 0.25) is 0 Å². The molecule has 0 aliphatic heterocycles. The zero-order chi connectivity index (χ0) is 72.1. The van der Waals surface area contributed by atoms with Crippen LogP contribution in [0, 0.1) is 44.9 Å². The molecule has 0 fully saturated rings. The molecule has 0 radical (unpaired) electrons. The van der Waals surface area contributed by atoms with Crippen molar-refractivity contribution in [1.29, 1.82) is 0 Å². The van der Waals surface area contributed by atoms with E-state index in [1.165, 1.54) is 33.0 Å². The summed E-state index contributed by atoms with van der Waals surface area (Å²) in [7, 11) is 0. The molecule has 0 bridgehead atoms. The SMILES string of the molecule is Cc1nc(-c2ccc(OC(C)C)c(-n3cnnn3)c2)sc1C(=O)O.Cc1nc(-c2ccc(OCC(C)(C)C)c(-n3cnnn3)c2)sc1C(=O)O.Cc1nc(-c2ccc(OCC(C)C)c(-n3ccnn3)c2)sc1C(=O)O.Cc1nc(-c2ccc(OCC(C)C)c(-n3cnnn3)c2)sc1C(=O)O. The lowest BCUT2D eigenvalue weighted by molar-refractivity contribution is 0.0690. The first-order chi connectivity index (χ1) is 47.6. The number of aromatic nitrogens is 19.